The average Bonchev–Trinajstić information content (AvgIpc) is 3.72. The fourth-order valence-electron chi connectivity index (χ4n) is 6.88. The van der Waals surface area contributed by atoms with E-state index in [1.807, 2.05) is 60.7 Å². The first-order valence-electron chi connectivity index (χ1n) is 15.9. The van der Waals surface area contributed by atoms with Crippen LogP contribution in [-0.2, 0) is 0 Å². The molecule has 0 aliphatic rings. The van der Waals surface area contributed by atoms with Crippen molar-refractivity contribution < 1.29 is 8.83 Å². The highest BCUT2D eigenvalue weighted by Crippen LogP contribution is 2.38. The van der Waals surface area contributed by atoms with Crippen molar-refractivity contribution in [2.75, 3.05) is 0 Å². The van der Waals surface area contributed by atoms with Crippen LogP contribution in [0.4, 0.5) is 0 Å². The van der Waals surface area contributed by atoms with E-state index >= 15 is 0 Å². The van der Waals surface area contributed by atoms with Gasteiger partial charge in [0.1, 0.15) is 22.3 Å². The molecule has 48 heavy (non-hydrogen) atoms. The Labute approximate surface area is 274 Å². The topological polar surface area (TPSA) is 65.0 Å². The summed E-state index contributed by atoms with van der Waals surface area (Å²) in [7, 11) is 0. The standard InChI is InChI=1S/C43H25N3O2/c1-2-14-30-26(10-1)11-8-17-31(30)27-12-7-13-28(24-27)41-44-42(29-22-23-38-35(25-29)32-15-3-5-19-36(32)47-38)46-43(45-41)34-18-9-21-39-40(34)33-16-4-6-20-37(33)48-39/h1-25H. The zero-order chi connectivity index (χ0) is 31.6. The van der Waals surface area contributed by atoms with Crippen LogP contribution < -0.4 is 0 Å². The monoisotopic (exact) mass is 615 g/mol. The molecular weight excluding hydrogens is 590 g/mol. The van der Waals surface area contributed by atoms with E-state index in [1.54, 1.807) is 0 Å². The second-order valence-corrected chi connectivity index (χ2v) is 12.0. The van der Waals surface area contributed by atoms with Gasteiger partial charge in [0.05, 0.1) is 0 Å². The average molecular weight is 616 g/mol. The Morgan fingerprint density at radius 3 is 1.77 bits per heavy atom. The van der Waals surface area contributed by atoms with Gasteiger partial charge >= 0.3 is 0 Å². The van der Waals surface area contributed by atoms with E-state index in [0.717, 1.165) is 71.7 Å². The molecule has 5 nitrogen and oxygen atoms in total. The zero-order valence-corrected chi connectivity index (χ0v) is 25.6. The summed E-state index contributed by atoms with van der Waals surface area (Å²) < 4.78 is 12.4. The lowest BCUT2D eigenvalue weighted by atomic mass is 9.97. The Kier molecular flexibility index (Phi) is 5.81. The maximum atomic E-state index is 6.24. The number of rotatable bonds is 4. The summed E-state index contributed by atoms with van der Waals surface area (Å²) in [6.07, 6.45) is 0. The van der Waals surface area contributed by atoms with Crippen LogP contribution in [0, 0.1) is 0 Å². The minimum Gasteiger partial charge on any atom is -0.456 e. The van der Waals surface area contributed by atoms with Crippen LogP contribution in [0.2, 0.25) is 0 Å². The van der Waals surface area contributed by atoms with Crippen molar-refractivity contribution in [2.45, 2.75) is 0 Å². The van der Waals surface area contributed by atoms with E-state index in [4.69, 9.17) is 23.8 Å². The highest BCUT2D eigenvalue weighted by Gasteiger charge is 2.19. The van der Waals surface area contributed by atoms with Gasteiger partial charge in [-0.2, -0.15) is 0 Å². The smallest absolute Gasteiger partial charge is 0.164 e. The van der Waals surface area contributed by atoms with Crippen LogP contribution in [0.5, 0.6) is 0 Å². The number of aromatic nitrogens is 3. The Morgan fingerprint density at radius 2 is 0.896 bits per heavy atom. The van der Waals surface area contributed by atoms with Gasteiger partial charge in [-0.3, -0.25) is 0 Å². The molecular formula is C43H25N3O2. The maximum Gasteiger partial charge on any atom is 0.164 e. The number of para-hydroxylation sites is 2. The molecule has 7 aromatic carbocycles. The Morgan fingerprint density at radius 1 is 0.333 bits per heavy atom. The molecule has 0 aliphatic carbocycles. The highest BCUT2D eigenvalue weighted by molar-refractivity contribution is 6.12. The largest absolute Gasteiger partial charge is 0.456 e. The molecule has 0 atom stereocenters. The van der Waals surface area contributed by atoms with Crippen molar-refractivity contribution in [3.05, 3.63) is 152 Å². The fourth-order valence-corrected chi connectivity index (χ4v) is 6.88. The number of hydrogen-bond donors (Lipinski definition) is 0. The molecule has 0 amide bonds. The lowest BCUT2D eigenvalue weighted by Gasteiger charge is -2.11. The van der Waals surface area contributed by atoms with Crippen LogP contribution in [0.25, 0.3) is 99.9 Å². The molecule has 3 heterocycles. The van der Waals surface area contributed by atoms with Gasteiger partial charge in [0.15, 0.2) is 17.5 Å². The normalized spacial score (nSPS) is 11.8. The van der Waals surface area contributed by atoms with Gasteiger partial charge in [0.25, 0.3) is 0 Å². The quantitative estimate of drug-likeness (QED) is 0.197. The van der Waals surface area contributed by atoms with E-state index < -0.39 is 0 Å². The predicted octanol–water partition coefficient (Wildman–Crippen LogP) is 11.5. The Balaban J connectivity index is 1.21. The van der Waals surface area contributed by atoms with Gasteiger partial charge < -0.3 is 8.83 Å². The molecule has 0 radical (unpaired) electrons. The summed E-state index contributed by atoms with van der Waals surface area (Å²) in [6, 6.07) is 51.7. The van der Waals surface area contributed by atoms with Crippen LogP contribution in [-0.4, -0.2) is 15.0 Å². The molecule has 3 aromatic heterocycles. The summed E-state index contributed by atoms with van der Waals surface area (Å²) in [4.78, 5) is 15.4. The lowest BCUT2D eigenvalue weighted by Crippen LogP contribution is -2.00. The molecule has 0 spiro atoms. The van der Waals surface area contributed by atoms with Gasteiger partial charge in [0.2, 0.25) is 0 Å². The van der Waals surface area contributed by atoms with E-state index in [1.165, 1.54) is 10.8 Å². The van der Waals surface area contributed by atoms with Gasteiger partial charge in [-0.25, -0.2) is 15.0 Å². The predicted molar refractivity (Wildman–Crippen MR) is 194 cm³/mol. The minimum atomic E-state index is 0.583. The second-order valence-electron chi connectivity index (χ2n) is 12.0. The van der Waals surface area contributed by atoms with Crippen LogP contribution in [0.3, 0.4) is 0 Å². The van der Waals surface area contributed by atoms with Crippen LogP contribution in [0.15, 0.2) is 160 Å². The number of furan rings is 2. The lowest BCUT2D eigenvalue weighted by molar-refractivity contribution is 0.668. The van der Waals surface area contributed by atoms with E-state index in [9.17, 15) is 0 Å². The van der Waals surface area contributed by atoms with Gasteiger partial charge in [-0.15, -0.1) is 0 Å². The molecule has 10 aromatic rings. The fraction of sp³-hybridized carbons (Fsp3) is 0. The summed E-state index contributed by atoms with van der Waals surface area (Å²) in [5, 5.41) is 6.49. The molecule has 0 saturated carbocycles. The first kappa shape index (κ1) is 26.6. The van der Waals surface area contributed by atoms with E-state index in [-0.39, 0.29) is 0 Å². The summed E-state index contributed by atoms with van der Waals surface area (Å²) in [5.41, 5.74) is 8.24. The Hall–Kier alpha value is -6.59. The molecule has 0 aliphatic heterocycles. The van der Waals surface area contributed by atoms with Crippen molar-refractivity contribution in [2.24, 2.45) is 0 Å². The number of nitrogens with zero attached hydrogens (tertiary/aromatic N) is 3. The van der Waals surface area contributed by atoms with Crippen molar-refractivity contribution >= 4 is 54.6 Å². The van der Waals surface area contributed by atoms with Gasteiger partial charge in [-0.05, 0) is 64.4 Å². The van der Waals surface area contributed by atoms with Crippen LogP contribution in [0.1, 0.15) is 0 Å². The molecule has 0 bridgehead atoms. The van der Waals surface area contributed by atoms with E-state index in [0.29, 0.717) is 17.5 Å². The third-order valence-electron chi connectivity index (χ3n) is 9.14. The number of hydrogen-bond acceptors (Lipinski definition) is 5. The number of fused-ring (bicyclic) bond motifs is 7. The highest BCUT2D eigenvalue weighted by atomic mass is 16.3. The molecule has 224 valence electrons. The van der Waals surface area contributed by atoms with Crippen molar-refractivity contribution in [1.29, 1.82) is 0 Å². The SMILES string of the molecule is c1cc(-c2nc(-c3ccc4oc5ccccc5c4c3)nc(-c3cccc4oc5ccccc5c34)n2)cc(-c2cccc3ccccc23)c1. The van der Waals surface area contributed by atoms with Crippen molar-refractivity contribution in [1.82, 2.24) is 15.0 Å². The van der Waals surface area contributed by atoms with Crippen LogP contribution >= 0.6 is 0 Å². The summed E-state index contributed by atoms with van der Waals surface area (Å²) in [6.45, 7) is 0. The second kappa shape index (κ2) is 10.5. The molecule has 0 fully saturated rings. The summed E-state index contributed by atoms with van der Waals surface area (Å²) >= 11 is 0. The van der Waals surface area contributed by atoms with E-state index in [2.05, 4.69) is 91.0 Å². The third kappa shape index (κ3) is 4.22. The molecule has 0 saturated heterocycles. The Bertz CT molecular complexity index is 2860. The van der Waals surface area contributed by atoms with Gasteiger partial charge in [-0.1, -0.05) is 109 Å². The van der Waals surface area contributed by atoms with Gasteiger partial charge in [0, 0.05) is 38.2 Å². The molecule has 0 unspecified atom stereocenters. The molecule has 5 heteroatoms. The zero-order valence-electron chi connectivity index (χ0n) is 25.6. The number of benzene rings is 7. The molecule has 0 N–H and O–H groups in total. The summed E-state index contributed by atoms with van der Waals surface area (Å²) in [5.74, 6) is 1.77. The third-order valence-corrected chi connectivity index (χ3v) is 9.14. The van der Waals surface area contributed by atoms with Crippen molar-refractivity contribution in [3.63, 3.8) is 0 Å². The first-order chi connectivity index (χ1) is 23.8. The maximum absolute atomic E-state index is 6.24. The molecule has 10 rings (SSSR count). The first-order valence-corrected chi connectivity index (χ1v) is 15.9. The minimum absolute atomic E-state index is 0.583. The van der Waals surface area contributed by atoms with Crippen molar-refractivity contribution in [3.8, 4) is 45.3 Å².